The van der Waals surface area contributed by atoms with Gasteiger partial charge in [0.05, 0.1) is 24.1 Å². The summed E-state index contributed by atoms with van der Waals surface area (Å²) in [6.07, 6.45) is 0.967. The highest BCUT2D eigenvalue weighted by atomic mass is 79.9. The number of piperazine rings is 1. The Morgan fingerprint density at radius 1 is 1.17 bits per heavy atom. The van der Waals surface area contributed by atoms with Crippen LogP contribution in [0.4, 0.5) is 5.69 Å². The lowest BCUT2D eigenvalue weighted by Crippen LogP contribution is -2.62. The highest BCUT2D eigenvalue weighted by Crippen LogP contribution is 2.32. The van der Waals surface area contributed by atoms with Crippen LogP contribution in [0.3, 0.4) is 0 Å². The van der Waals surface area contributed by atoms with Gasteiger partial charge in [-0.3, -0.25) is 9.69 Å². The monoisotopic (exact) mass is 414 g/mol. The van der Waals surface area contributed by atoms with Gasteiger partial charge in [0.15, 0.2) is 9.84 Å². The molecule has 5 nitrogen and oxygen atoms in total. The van der Waals surface area contributed by atoms with Crippen molar-refractivity contribution in [2.24, 2.45) is 5.92 Å². The van der Waals surface area contributed by atoms with Crippen LogP contribution in [0, 0.1) is 5.92 Å². The lowest BCUT2D eigenvalue weighted by molar-refractivity contribution is -0.123. The summed E-state index contributed by atoms with van der Waals surface area (Å²) in [5.41, 5.74) is 0.777. The molecule has 1 aromatic rings. The number of amides is 1. The highest BCUT2D eigenvalue weighted by molar-refractivity contribution is 9.10. The molecule has 0 radical (unpaired) electrons. The number of benzene rings is 1. The first-order chi connectivity index (χ1) is 11.3. The molecule has 0 spiro atoms. The number of carbonyl (C=O) groups excluding carboxylic acids is 1. The van der Waals surface area contributed by atoms with E-state index in [-0.39, 0.29) is 29.5 Å². The SMILES string of the molecule is CC(C)CCN1CC(=O)N(c2ccc(Br)cc2)[C@@H]2CS(=O)(=O)C[C@H]21. The van der Waals surface area contributed by atoms with Crippen molar-refractivity contribution in [3.63, 3.8) is 0 Å². The maximum Gasteiger partial charge on any atom is 0.241 e. The van der Waals surface area contributed by atoms with Crippen LogP contribution in [0.1, 0.15) is 20.3 Å². The van der Waals surface area contributed by atoms with E-state index in [2.05, 4.69) is 34.7 Å². The van der Waals surface area contributed by atoms with Gasteiger partial charge in [-0.1, -0.05) is 29.8 Å². The average Bonchev–Trinajstić information content (AvgIpc) is 2.81. The molecule has 7 heteroatoms. The van der Waals surface area contributed by atoms with Crippen molar-refractivity contribution < 1.29 is 13.2 Å². The minimum atomic E-state index is -3.12. The van der Waals surface area contributed by atoms with Crippen LogP contribution in [0.25, 0.3) is 0 Å². The molecule has 0 saturated carbocycles. The maximum atomic E-state index is 12.8. The molecule has 1 amide bonds. The molecule has 2 atom stereocenters. The van der Waals surface area contributed by atoms with Gasteiger partial charge in [-0.2, -0.15) is 0 Å². The Labute approximate surface area is 152 Å². The Balaban J connectivity index is 1.90. The lowest BCUT2D eigenvalue weighted by atomic mass is 10.0. The van der Waals surface area contributed by atoms with Gasteiger partial charge in [-0.25, -0.2) is 8.42 Å². The fraction of sp³-hybridized carbons (Fsp3) is 0.588. The van der Waals surface area contributed by atoms with Gasteiger partial charge in [0.1, 0.15) is 0 Å². The third-order valence-corrected chi connectivity index (χ3v) is 7.03. The van der Waals surface area contributed by atoms with Gasteiger partial charge in [0.2, 0.25) is 5.91 Å². The molecule has 2 fully saturated rings. The first kappa shape index (κ1) is 17.9. The zero-order valence-corrected chi connectivity index (χ0v) is 16.4. The molecule has 0 aromatic heterocycles. The van der Waals surface area contributed by atoms with Crippen LogP contribution in [0.15, 0.2) is 28.7 Å². The van der Waals surface area contributed by atoms with Crippen LogP contribution >= 0.6 is 15.9 Å². The summed E-state index contributed by atoms with van der Waals surface area (Å²) in [6, 6.07) is 7.11. The normalized spacial score (nSPS) is 26.8. The van der Waals surface area contributed by atoms with Crippen LogP contribution in [-0.4, -0.2) is 55.9 Å². The van der Waals surface area contributed by atoms with Crippen molar-refractivity contribution in [1.82, 2.24) is 4.90 Å². The zero-order valence-electron chi connectivity index (χ0n) is 14.0. The van der Waals surface area contributed by atoms with Crippen molar-refractivity contribution >= 4 is 37.4 Å². The number of halogens is 1. The zero-order chi connectivity index (χ0) is 17.5. The molecule has 0 unspecified atom stereocenters. The number of nitrogens with zero attached hydrogens (tertiary/aromatic N) is 2. The standard InChI is InChI=1S/C17H23BrN2O3S/c1-12(2)7-8-19-9-17(21)20(14-5-3-13(18)4-6-14)16-11-24(22,23)10-15(16)19/h3-6,12,15-16H,7-11H2,1-2H3/t15-,16-/m1/s1. The Morgan fingerprint density at radius 3 is 2.42 bits per heavy atom. The molecule has 2 aliphatic heterocycles. The fourth-order valence-corrected chi connectivity index (χ4v) is 5.81. The second-order valence-corrected chi connectivity index (χ2v) is 10.2. The van der Waals surface area contributed by atoms with Crippen LogP contribution in [0.2, 0.25) is 0 Å². The first-order valence-electron chi connectivity index (χ1n) is 8.29. The molecular formula is C17H23BrN2O3S. The smallest absolute Gasteiger partial charge is 0.241 e. The minimum Gasteiger partial charge on any atom is -0.306 e. The largest absolute Gasteiger partial charge is 0.306 e. The molecule has 2 heterocycles. The number of sulfone groups is 1. The van der Waals surface area contributed by atoms with E-state index in [9.17, 15) is 13.2 Å². The first-order valence-corrected chi connectivity index (χ1v) is 10.9. The second kappa shape index (κ2) is 6.77. The molecule has 132 valence electrons. The highest BCUT2D eigenvalue weighted by Gasteiger charge is 2.49. The number of anilines is 1. The average molecular weight is 415 g/mol. The Hall–Kier alpha value is -0.920. The van der Waals surface area contributed by atoms with Gasteiger partial charge in [0.25, 0.3) is 0 Å². The Bertz CT molecular complexity index is 718. The van der Waals surface area contributed by atoms with Gasteiger partial charge >= 0.3 is 0 Å². The molecule has 0 aliphatic carbocycles. The summed E-state index contributed by atoms with van der Waals surface area (Å²) in [4.78, 5) is 16.5. The number of carbonyl (C=O) groups is 1. The van der Waals surface area contributed by atoms with Crippen LogP contribution in [-0.2, 0) is 14.6 Å². The number of rotatable bonds is 4. The van der Waals surface area contributed by atoms with Crippen molar-refractivity contribution in [3.05, 3.63) is 28.7 Å². The van der Waals surface area contributed by atoms with Crippen LogP contribution in [0.5, 0.6) is 0 Å². The molecule has 0 bridgehead atoms. The summed E-state index contributed by atoms with van der Waals surface area (Å²) in [5, 5.41) is 0. The van der Waals surface area contributed by atoms with Gasteiger partial charge < -0.3 is 4.90 Å². The van der Waals surface area contributed by atoms with E-state index < -0.39 is 9.84 Å². The quantitative estimate of drug-likeness (QED) is 0.758. The van der Waals surface area contributed by atoms with Crippen LogP contribution < -0.4 is 4.90 Å². The van der Waals surface area contributed by atoms with Crippen molar-refractivity contribution in [3.8, 4) is 0 Å². The molecule has 2 aliphatic rings. The van der Waals surface area contributed by atoms with E-state index in [4.69, 9.17) is 0 Å². The summed E-state index contributed by atoms with van der Waals surface area (Å²) < 4.78 is 25.4. The van der Waals surface area contributed by atoms with E-state index in [0.717, 1.165) is 23.1 Å². The van der Waals surface area contributed by atoms with E-state index in [1.54, 1.807) is 4.90 Å². The predicted octanol–water partition coefficient (Wildman–Crippen LogP) is 2.31. The third-order valence-electron chi connectivity index (χ3n) is 4.80. The van der Waals surface area contributed by atoms with E-state index in [0.29, 0.717) is 12.5 Å². The van der Waals surface area contributed by atoms with Crippen molar-refractivity contribution in [2.45, 2.75) is 32.4 Å². The Kier molecular flexibility index (Phi) is 5.04. The second-order valence-electron chi connectivity index (χ2n) is 7.10. The Morgan fingerprint density at radius 2 is 1.79 bits per heavy atom. The third kappa shape index (κ3) is 3.68. The van der Waals surface area contributed by atoms with Crippen molar-refractivity contribution in [1.29, 1.82) is 0 Å². The van der Waals surface area contributed by atoms with E-state index >= 15 is 0 Å². The number of hydrogen-bond acceptors (Lipinski definition) is 4. The molecule has 3 rings (SSSR count). The summed E-state index contributed by atoms with van der Waals surface area (Å²) in [5.74, 6) is 0.716. The fourth-order valence-electron chi connectivity index (χ4n) is 3.56. The number of fused-ring (bicyclic) bond motifs is 1. The summed E-state index contributed by atoms with van der Waals surface area (Å²) >= 11 is 3.40. The van der Waals surface area contributed by atoms with Crippen molar-refractivity contribution in [2.75, 3.05) is 29.5 Å². The molecule has 0 N–H and O–H groups in total. The van der Waals surface area contributed by atoms with E-state index in [1.165, 1.54) is 0 Å². The minimum absolute atomic E-state index is 0.0144. The summed E-state index contributed by atoms with van der Waals surface area (Å²) in [6.45, 7) is 5.35. The predicted molar refractivity (Wildman–Crippen MR) is 98.9 cm³/mol. The lowest BCUT2D eigenvalue weighted by Gasteiger charge is -2.43. The van der Waals surface area contributed by atoms with E-state index in [1.807, 2.05) is 24.3 Å². The molecule has 1 aromatic carbocycles. The molecule has 2 saturated heterocycles. The molecule has 24 heavy (non-hydrogen) atoms. The van der Waals surface area contributed by atoms with Gasteiger partial charge in [-0.05, 0) is 43.1 Å². The summed E-state index contributed by atoms with van der Waals surface area (Å²) in [7, 11) is -3.12. The molecular weight excluding hydrogens is 392 g/mol. The maximum absolute atomic E-state index is 12.8. The number of hydrogen-bond donors (Lipinski definition) is 0. The van der Waals surface area contributed by atoms with Gasteiger partial charge in [-0.15, -0.1) is 0 Å². The van der Waals surface area contributed by atoms with Gasteiger partial charge in [0, 0.05) is 16.2 Å². The topological polar surface area (TPSA) is 57.7 Å².